The summed E-state index contributed by atoms with van der Waals surface area (Å²) in [6.45, 7) is 6.19. The molecule has 0 unspecified atom stereocenters. The van der Waals surface area contributed by atoms with Crippen molar-refractivity contribution in [3.63, 3.8) is 0 Å². The third-order valence-corrected chi connectivity index (χ3v) is 4.61. The zero-order valence-corrected chi connectivity index (χ0v) is 12.5. The van der Waals surface area contributed by atoms with E-state index in [1.165, 1.54) is 0 Å². The first-order valence-electron chi connectivity index (χ1n) is 6.50. The van der Waals surface area contributed by atoms with E-state index in [1.54, 1.807) is 12.4 Å². The summed E-state index contributed by atoms with van der Waals surface area (Å²) in [5, 5.41) is 0. The molecule has 18 heavy (non-hydrogen) atoms. The molecule has 2 heterocycles. The number of hydrogen-bond donors (Lipinski definition) is 0. The molecule has 0 saturated carbocycles. The maximum atomic E-state index is 12.4. The van der Waals surface area contributed by atoms with Gasteiger partial charge >= 0.3 is 0 Å². The Labute approximate surface area is 117 Å². The molecule has 98 valence electrons. The van der Waals surface area contributed by atoms with E-state index in [9.17, 15) is 4.79 Å². The van der Waals surface area contributed by atoms with Crippen molar-refractivity contribution < 1.29 is 4.79 Å². The summed E-state index contributed by atoms with van der Waals surface area (Å²) in [6.07, 6.45) is 6.75. The summed E-state index contributed by atoms with van der Waals surface area (Å²) < 4.78 is 0.852. The lowest BCUT2D eigenvalue weighted by atomic mass is 9.82. The Hall–Kier alpha value is -0.900. The fourth-order valence-electron chi connectivity index (χ4n) is 2.65. The van der Waals surface area contributed by atoms with E-state index in [0.717, 1.165) is 36.8 Å². The van der Waals surface area contributed by atoms with Crippen LogP contribution in [0.15, 0.2) is 22.9 Å². The molecule has 0 radical (unpaired) electrons. The van der Waals surface area contributed by atoms with Gasteiger partial charge in [-0.15, -0.1) is 0 Å². The second-order valence-corrected chi connectivity index (χ2v) is 5.99. The molecule has 4 heteroatoms. The highest BCUT2D eigenvalue weighted by Crippen LogP contribution is 2.37. The fraction of sp³-hybridized carbons (Fsp3) is 0.571. The first-order chi connectivity index (χ1) is 8.60. The summed E-state index contributed by atoms with van der Waals surface area (Å²) in [4.78, 5) is 18.4. The summed E-state index contributed by atoms with van der Waals surface area (Å²) >= 11 is 3.36. The second-order valence-electron chi connectivity index (χ2n) is 5.08. The standard InChI is InChI=1S/C14H19BrN2O/c1-3-14(4-2)5-6-17(10-14)13(18)11-7-12(15)9-16-8-11/h7-9H,3-6,10H2,1-2H3. The Morgan fingerprint density at radius 1 is 1.44 bits per heavy atom. The fourth-order valence-corrected chi connectivity index (χ4v) is 3.01. The molecule has 0 spiro atoms. The van der Waals surface area contributed by atoms with E-state index in [4.69, 9.17) is 0 Å². The van der Waals surface area contributed by atoms with Gasteiger partial charge in [0.2, 0.25) is 0 Å². The van der Waals surface area contributed by atoms with Crippen LogP contribution in [0, 0.1) is 5.41 Å². The molecular weight excluding hydrogens is 292 g/mol. The zero-order chi connectivity index (χ0) is 13.2. The number of hydrogen-bond acceptors (Lipinski definition) is 2. The van der Waals surface area contributed by atoms with Gasteiger partial charge in [0, 0.05) is 30.0 Å². The Morgan fingerprint density at radius 2 is 2.17 bits per heavy atom. The SMILES string of the molecule is CCC1(CC)CCN(C(=O)c2cncc(Br)c2)C1. The monoisotopic (exact) mass is 310 g/mol. The predicted molar refractivity (Wildman–Crippen MR) is 75.5 cm³/mol. The lowest BCUT2D eigenvalue weighted by Gasteiger charge is -2.26. The summed E-state index contributed by atoms with van der Waals surface area (Å²) in [5.74, 6) is 0.104. The van der Waals surface area contributed by atoms with Crippen LogP contribution in [-0.4, -0.2) is 28.9 Å². The van der Waals surface area contributed by atoms with E-state index < -0.39 is 0 Å². The summed E-state index contributed by atoms with van der Waals surface area (Å²) in [7, 11) is 0. The average Bonchev–Trinajstić information content (AvgIpc) is 2.83. The Morgan fingerprint density at radius 3 is 2.72 bits per heavy atom. The number of amides is 1. The number of likely N-dealkylation sites (tertiary alicyclic amines) is 1. The van der Waals surface area contributed by atoms with Crippen molar-refractivity contribution in [2.75, 3.05) is 13.1 Å². The largest absolute Gasteiger partial charge is 0.338 e. The van der Waals surface area contributed by atoms with Gasteiger partial charge in [-0.05, 0) is 46.7 Å². The minimum atomic E-state index is 0.104. The molecule has 1 fully saturated rings. The lowest BCUT2D eigenvalue weighted by molar-refractivity contribution is 0.0769. The molecule has 1 aromatic rings. The molecule has 0 aromatic carbocycles. The Balaban J connectivity index is 2.12. The maximum absolute atomic E-state index is 12.4. The number of nitrogens with zero attached hydrogens (tertiary/aromatic N) is 2. The van der Waals surface area contributed by atoms with Crippen LogP contribution in [-0.2, 0) is 0 Å². The van der Waals surface area contributed by atoms with Crippen molar-refractivity contribution in [3.8, 4) is 0 Å². The van der Waals surface area contributed by atoms with Crippen molar-refractivity contribution >= 4 is 21.8 Å². The molecule has 0 aliphatic carbocycles. The predicted octanol–water partition coefficient (Wildman–Crippen LogP) is 3.50. The maximum Gasteiger partial charge on any atom is 0.255 e. The van der Waals surface area contributed by atoms with Gasteiger partial charge in [-0.3, -0.25) is 9.78 Å². The van der Waals surface area contributed by atoms with Crippen molar-refractivity contribution in [1.82, 2.24) is 9.88 Å². The first-order valence-corrected chi connectivity index (χ1v) is 7.29. The Bertz CT molecular complexity index is 443. The highest BCUT2D eigenvalue weighted by atomic mass is 79.9. The molecule has 0 bridgehead atoms. The summed E-state index contributed by atoms with van der Waals surface area (Å²) in [6, 6.07) is 1.84. The van der Waals surface area contributed by atoms with Crippen molar-refractivity contribution in [2.45, 2.75) is 33.1 Å². The van der Waals surface area contributed by atoms with Gasteiger partial charge in [0.25, 0.3) is 5.91 Å². The average molecular weight is 311 g/mol. The van der Waals surface area contributed by atoms with E-state index in [-0.39, 0.29) is 5.91 Å². The third-order valence-electron chi connectivity index (χ3n) is 4.18. The van der Waals surface area contributed by atoms with Crippen LogP contribution in [0.25, 0.3) is 0 Å². The zero-order valence-electron chi connectivity index (χ0n) is 10.9. The van der Waals surface area contributed by atoms with E-state index in [2.05, 4.69) is 34.8 Å². The van der Waals surface area contributed by atoms with Crippen LogP contribution < -0.4 is 0 Å². The van der Waals surface area contributed by atoms with Crippen LogP contribution >= 0.6 is 15.9 Å². The van der Waals surface area contributed by atoms with Crippen LogP contribution in [0.5, 0.6) is 0 Å². The van der Waals surface area contributed by atoms with Crippen LogP contribution in [0.1, 0.15) is 43.5 Å². The summed E-state index contributed by atoms with van der Waals surface area (Å²) in [5.41, 5.74) is 1.00. The second kappa shape index (κ2) is 5.39. The third kappa shape index (κ3) is 2.58. The topological polar surface area (TPSA) is 33.2 Å². The van der Waals surface area contributed by atoms with Crippen molar-refractivity contribution in [2.24, 2.45) is 5.41 Å². The van der Waals surface area contributed by atoms with E-state index in [0.29, 0.717) is 11.0 Å². The van der Waals surface area contributed by atoms with Crippen LogP contribution in [0.4, 0.5) is 0 Å². The highest BCUT2D eigenvalue weighted by Gasteiger charge is 2.37. The van der Waals surface area contributed by atoms with Gasteiger partial charge in [-0.1, -0.05) is 13.8 Å². The van der Waals surface area contributed by atoms with Gasteiger partial charge in [-0.2, -0.15) is 0 Å². The normalized spacial score (nSPS) is 18.1. The van der Waals surface area contributed by atoms with E-state index in [1.807, 2.05) is 11.0 Å². The van der Waals surface area contributed by atoms with Crippen molar-refractivity contribution in [3.05, 3.63) is 28.5 Å². The molecule has 1 aromatic heterocycles. The van der Waals surface area contributed by atoms with Crippen LogP contribution in [0.3, 0.4) is 0 Å². The van der Waals surface area contributed by atoms with Gasteiger partial charge in [0.15, 0.2) is 0 Å². The number of rotatable bonds is 3. The highest BCUT2D eigenvalue weighted by molar-refractivity contribution is 9.10. The van der Waals surface area contributed by atoms with Gasteiger partial charge in [0.05, 0.1) is 5.56 Å². The smallest absolute Gasteiger partial charge is 0.255 e. The molecule has 2 rings (SSSR count). The number of carbonyl (C=O) groups excluding carboxylic acids is 1. The quantitative estimate of drug-likeness (QED) is 0.856. The number of halogens is 1. The number of pyridine rings is 1. The molecule has 0 atom stereocenters. The molecular formula is C14H19BrN2O. The molecule has 0 N–H and O–H groups in total. The van der Waals surface area contributed by atoms with Crippen molar-refractivity contribution in [1.29, 1.82) is 0 Å². The molecule has 1 amide bonds. The first kappa shape index (κ1) is 13.5. The molecule has 1 aliphatic rings. The van der Waals surface area contributed by atoms with Gasteiger partial charge in [-0.25, -0.2) is 0 Å². The number of aromatic nitrogens is 1. The molecule has 1 saturated heterocycles. The molecule has 1 aliphatic heterocycles. The lowest BCUT2D eigenvalue weighted by Crippen LogP contribution is -2.31. The number of carbonyl (C=O) groups is 1. The molecule has 3 nitrogen and oxygen atoms in total. The van der Waals surface area contributed by atoms with Gasteiger partial charge < -0.3 is 4.90 Å². The van der Waals surface area contributed by atoms with Crippen LogP contribution in [0.2, 0.25) is 0 Å². The van der Waals surface area contributed by atoms with Gasteiger partial charge in [0.1, 0.15) is 0 Å². The van der Waals surface area contributed by atoms with E-state index >= 15 is 0 Å². The minimum absolute atomic E-state index is 0.104. The Kier molecular flexibility index (Phi) is 4.05. The minimum Gasteiger partial charge on any atom is -0.338 e.